The fourth-order valence-electron chi connectivity index (χ4n) is 4.79. The summed E-state index contributed by atoms with van der Waals surface area (Å²) in [7, 11) is 2.16. The van der Waals surface area contributed by atoms with E-state index < -0.39 is 0 Å². The molecule has 0 spiro atoms. The summed E-state index contributed by atoms with van der Waals surface area (Å²) in [6, 6.07) is 0. The van der Waals surface area contributed by atoms with E-state index in [-0.39, 0.29) is 18.4 Å². The van der Waals surface area contributed by atoms with Gasteiger partial charge in [-0.15, -0.1) is 4.37 Å². The maximum Gasteiger partial charge on any atom is 0.310 e. The van der Waals surface area contributed by atoms with Gasteiger partial charge in [-0.25, -0.2) is 0 Å². The van der Waals surface area contributed by atoms with E-state index in [1.165, 1.54) is 88.8 Å². The van der Waals surface area contributed by atoms with Gasteiger partial charge in [0.1, 0.15) is 12.2 Å². The number of carbonyl (C=O) groups excluding carboxylic acids is 1. The minimum absolute atomic E-state index is 0. The second-order valence-corrected chi connectivity index (χ2v) is 11.3. The van der Waals surface area contributed by atoms with Crippen LogP contribution >= 0.6 is 11.7 Å². The number of aromatic nitrogens is 2. The van der Waals surface area contributed by atoms with E-state index in [1.807, 2.05) is 0 Å². The van der Waals surface area contributed by atoms with Crippen molar-refractivity contribution in [1.29, 1.82) is 0 Å². The lowest BCUT2D eigenvalue weighted by atomic mass is 10.1. The molecule has 1 aromatic rings. The predicted octanol–water partition coefficient (Wildman–Crippen LogP) is 4.94. The standard InChI is InChI=1S/C29H52N3O3S.ClH/c1-4-6-8-10-11-12-13-14-15-16-17-21-27(33)35-25-32(3)22-19-20-26(24-32)28-29(31-36-30-28)34-23-18-9-7-5-2;/h20H,4-19,21-25H2,1-3H3;1H/q+1;/p-1. The molecule has 0 aliphatic carbocycles. The van der Waals surface area contributed by atoms with Gasteiger partial charge in [-0.05, 0) is 12.8 Å². The van der Waals surface area contributed by atoms with Crippen LogP contribution in [0.4, 0.5) is 0 Å². The molecule has 0 aromatic carbocycles. The quantitative estimate of drug-likeness (QED) is 0.122. The molecule has 1 aliphatic heterocycles. The van der Waals surface area contributed by atoms with Crippen LogP contribution in [0.1, 0.15) is 129 Å². The lowest BCUT2D eigenvalue weighted by Crippen LogP contribution is -3.00. The number of halogens is 1. The van der Waals surface area contributed by atoms with Crippen LogP contribution in [0.15, 0.2) is 6.08 Å². The van der Waals surface area contributed by atoms with Crippen LogP contribution in [0, 0.1) is 0 Å². The van der Waals surface area contributed by atoms with Gasteiger partial charge in [0, 0.05) is 18.4 Å². The molecule has 1 atom stereocenters. The first-order chi connectivity index (χ1) is 17.6. The van der Waals surface area contributed by atoms with E-state index in [0.29, 0.717) is 30.1 Å². The smallest absolute Gasteiger partial charge is 0.310 e. The highest BCUT2D eigenvalue weighted by Crippen LogP contribution is 2.30. The highest BCUT2D eigenvalue weighted by molar-refractivity contribution is 6.99. The Labute approximate surface area is 236 Å². The highest BCUT2D eigenvalue weighted by Gasteiger charge is 2.31. The summed E-state index contributed by atoms with van der Waals surface area (Å²) in [5, 5.41) is 0. The molecule has 0 amide bonds. The molecule has 0 saturated carbocycles. The first kappa shape index (κ1) is 33.8. The first-order valence-corrected chi connectivity index (χ1v) is 15.4. The van der Waals surface area contributed by atoms with E-state index >= 15 is 0 Å². The van der Waals surface area contributed by atoms with Crippen molar-refractivity contribution in [1.82, 2.24) is 8.75 Å². The van der Waals surface area contributed by atoms with Crippen LogP contribution in [0.3, 0.4) is 0 Å². The van der Waals surface area contributed by atoms with E-state index in [2.05, 4.69) is 35.7 Å². The second-order valence-electron chi connectivity index (χ2n) is 10.8. The molecular formula is C29H52ClN3O3S. The van der Waals surface area contributed by atoms with Gasteiger partial charge in [0.2, 0.25) is 6.73 Å². The molecule has 214 valence electrons. The van der Waals surface area contributed by atoms with Gasteiger partial charge in [-0.1, -0.05) is 103 Å². The molecule has 0 saturated heterocycles. The van der Waals surface area contributed by atoms with Crippen molar-refractivity contribution in [2.45, 2.75) is 123 Å². The van der Waals surface area contributed by atoms with Gasteiger partial charge < -0.3 is 21.9 Å². The monoisotopic (exact) mass is 557 g/mol. The van der Waals surface area contributed by atoms with Crippen molar-refractivity contribution in [3.63, 3.8) is 0 Å². The maximum atomic E-state index is 12.4. The molecule has 2 rings (SSSR count). The normalized spacial score (nSPS) is 17.2. The number of likely N-dealkylation sites (N-methyl/N-ethyl adjacent to an activating group) is 1. The van der Waals surface area contributed by atoms with Crippen molar-refractivity contribution >= 4 is 23.3 Å². The second kappa shape index (κ2) is 20.7. The zero-order valence-corrected chi connectivity index (χ0v) is 25.4. The van der Waals surface area contributed by atoms with E-state index in [9.17, 15) is 4.79 Å². The summed E-state index contributed by atoms with van der Waals surface area (Å²) in [5.41, 5.74) is 2.02. The first-order valence-electron chi connectivity index (χ1n) is 14.7. The van der Waals surface area contributed by atoms with Crippen molar-refractivity contribution < 1.29 is 31.2 Å². The molecule has 8 heteroatoms. The summed E-state index contributed by atoms with van der Waals surface area (Å²) >= 11 is 1.21. The minimum atomic E-state index is -0.0622. The third-order valence-corrected chi connectivity index (χ3v) is 7.64. The Bertz CT molecular complexity index is 759. The molecule has 0 fully saturated rings. The number of esters is 1. The Hall–Kier alpha value is -1.18. The van der Waals surface area contributed by atoms with Gasteiger partial charge in [0.15, 0.2) is 0 Å². The van der Waals surface area contributed by atoms with Crippen LogP contribution in [0.5, 0.6) is 5.88 Å². The molecule has 1 unspecified atom stereocenters. The summed E-state index contributed by atoms with van der Waals surface area (Å²) < 4.78 is 21.3. The van der Waals surface area contributed by atoms with Crippen LogP contribution in [-0.2, 0) is 9.53 Å². The molecular weight excluding hydrogens is 506 g/mol. The van der Waals surface area contributed by atoms with Gasteiger partial charge >= 0.3 is 5.97 Å². The molecule has 37 heavy (non-hydrogen) atoms. The molecule has 2 heterocycles. The molecule has 0 radical (unpaired) electrons. The number of hydrogen-bond acceptors (Lipinski definition) is 6. The number of unbranched alkanes of at least 4 members (excludes halogenated alkanes) is 13. The number of rotatable bonds is 21. The zero-order valence-electron chi connectivity index (χ0n) is 23.8. The number of ether oxygens (including phenoxy) is 2. The third kappa shape index (κ3) is 14.5. The van der Waals surface area contributed by atoms with Crippen LogP contribution in [0.2, 0.25) is 0 Å². The van der Waals surface area contributed by atoms with Crippen LogP contribution < -0.4 is 17.1 Å². The number of hydrogen-bond donors (Lipinski definition) is 0. The lowest BCUT2D eigenvalue weighted by molar-refractivity contribution is -0.919. The average Bonchev–Trinajstić information content (AvgIpc) is 3.35. The van der Waals surface area contributed by atoms with Crippen molar-refractivity contribution in [3.05, 3.63) is 11.8 Å². The number of carbonyl (C=O) groups is 1. The van der Waals surface area contributed by atoms with Crippen molar-refractivity contribution in [3.8, 4) is 5.88 Å². The summed E-state index contributed by atoms with van der Waals surface area (Å²) in [6.07, 6.45) is 22.6. The highest BCUT2D eigenvalue weighted by atomic mass is 35.5. The molecule has 1 aliphatic rings. The Morgan fingerprint density at radius 1 is 0.892 bits per heavy atom. The summed E-state index contributed by atoms with van der Waals surface area (Å²) in [5.74, 6) is 0.595. The van der Waals surface area contributed by atoms with E-state index in [4.69, 9.17) is 9.47 Å². The van der Waals surface area contributed by atoms with Crippen LogP contribution in [0.25, 0.3) is 5.57 Å². The minimum Gasteiger partial charge on any atom is -1.00 e. The number of quaternary nitrogens is 1. The third-order valence-electron chi connectivity index (χ3n) is 7.13. The topological polar surface area (TPSA) is 61.3 Å². The summed E-state index contributed by atoms with van der Waals surface area (Å²) in [4.78, 5) is 12.4. The Kier molecular flexibility index (Phi) is 19.0. The molecule has 6 nitrogen and oxygen atoms in total. The Morgan fingerprint density at radius 3 is 2.14 bits per heavy atom. The fraction of sp³-hybridized carbons (Fsp3) is 0.828. The SMILES string of the molecule is CCCCCCCCCCCCCC(=O)OC[N+]1(C)CCC=C(c2nsnc2OCCCCCC)C1.[Cl-]. The Balaban J connectivity index is 0.00000684. The van der Waals surface area contributed by atoms with Gasteiger partial charge in [-0.3, -0.25) is 9.28 Å². The summed E-state index contributed by atoms with van der Waals surface area (Å²) in [6.45, 7) is 7.32. The van der Waals surface area contributed by atoms with E-state index in [1.54, 1.807) is 0 Å². The largest absolute Gasteiger partial charge is 1.00 e. The molecule has 0 N–H and O–H groups in total. The van der Waals surface area contributed by atoms with E-state index in [0.717, 1.165) is 50.0 Å². The van der Waals surface area contributed by atoms with Gasteiger partial charge in [-0.2, -0.15) is 4.37 Å². The lowest BCUT2D eigenvalue weighted by Gasteiger charge is -2.36. The molecule has 0 bridgehead atoms. The molecule has 1 aromatic heterocycles. The predicted molar refractivity (Wildman–Crippen MR) is 150 cm³/mol. The van der Waals surface area contributed by atoms with Crippen molar-refractivity contribution in [2.75, 3.05) is 33.5 Å². The number of nitrogens with zero attached hydrogens (tertiary/aromatic N) is 3. The Morgan fingerprint density at radius 2 is 1.49 bits per heavy atom. The van der Waals surface area contributed by atoms with Crippen LogP contribution in [-0.4, -0.2) is 52.7 Å². The fourth-order valence-corrected chi connectivity index (χ4v) is 5.32. The van der Waals surface area contributed by atoms with Gasteiger partial charge in [0.25, 0.3) is 5.88 Å². The van der Waals surface area contributed by atoms with Gasteiger partial charge in [0.05, 0.1) is 31.9 Å². The van der Waals surface area contributed by atoms with Crippen molar-refractivity contribution in [2.24, 2.45) is 0 Å². The maximum absolute atomic E-state index is 12.4. The zero-order chi connectivity index (χ0) is 25.9. The average molecular weight is 558 g/mol.